The molecule has 4 heteroatoms. The summed E-state index contributed by atoms with van der Waals surface area (Å²) in [6.45, 7) is 5.67. The maximum atomic E-state index is 5.46. The summed E-state index contributed by atoms with van der Waals surface area (Å²) in [7, 11) is 1.72. The molecule has 0 aromatic heterocycles. The van der Waals surface area contributed by atoms with Crippen molar-refractivity contribution in [3.63, 3.8) is 0 Å². The van der Waals surface area contributed by atoms with Gasteiger partial charge in [0.2, 0.25) is 0 Å². The Morgan fingerprint density at radius 1 is 1.08 bits per heavy atom. The predicted octanol–water partition coefficient (Wildman–Crippen LogP) is 4.52. The van der Waals surface area contributed by atoms with Crippen molar-refractivity contribution in [1.82, 2.24) is 4.90 Å². The highest BCUT2D eigenvalue weighted by Gasteiger charge is 2.44. The van der Waals surface area contributed by atoms with Gasteiger partial charge in [-0.1, -0.05) is 30.3 Å². The van der Waals surface area contributed by atoms with Crippen molar-refractivity contribution in [2.45, 2.75) is 31.3 Å². The molecule has 1 aliphatic carbocycles. The highest BCUT2D eigenvalue weighted by Crippen LogP contribution is 2.45. The lowest BCUT2D eigenvalue weighted by Gasteiger charge is -2.41. The Labute approximate surface area is 158 Å². The lowest BCUT2D eigenvalue weighted by atomic mass is 10.1. The largest absolute Gasteiger partial charge is 0.495 e. The molecule has 0 N–H and O–H groups in total. The number of methoxy groups -OCH3 is 1. The Morgan fingerprint density at radius 2 is 1.88 bits per heavy atom. The van der Waals surface area contributed by atoms with Crippen molar-refractivity contribution in [2.75, 3.05) is 31.6 Å². The number of hydrogen-bond acceptors (Lipinski definition) is 3. The van der Waals surface area contributed by atoms with E-state index < -0.39 is 0 Å². The van der Waals surface area contributed by atoms with Gasteiger partial charge in [0, 0.05) is 49.4 Å². The van der Waals surface area contributed by atoms with Gasteiger partial charge in [0.1, 0.15) is 5.75 Å². The summed E-state index contributed by atoms with van der Waals surface area (Å²) < 4.78 is 6.47. The second-order valence-corrected chi connectivity index (χ2v) is 8.03. The Hall–Kier alpha value is -1.52. The van der Waals surface area contributed by atoms with E-state index in [0.717, 1.165) is 41.8 Å². The van der Waals surface area contributed by atoms with E-state index >= 15 is 0 Å². The lowest BCUT2D eigenvalue weighted by molar-refractivity contribution is 0.216. The van der Waals surface area contributed by atoms with E-state index in [1.54, 1.807) is 7.11 Å². The molecule has 2 fully saturated rings. The quantitative estimate of drug-likeness (QED) is 0.749. The summed E-state index contributed by atoms with van der Waals surface area (Å²) in [5.74, 6) is 1.63. The zero-order chi connectivity index (χ0) is 17.4. The molecular formula is C21H25BrN2O. The average Bonchev–Trinajstić information content (AvgIpc) is 3.44. The minimum atomic E-state index is 0.511. The van der Waals surface area contributed by atoms with Crippen molar-refractivity contribution in [3.05, 3.63) is 58.6 Å². The van der Waals surface area contributed by atoms with Gasteiger partial charge in [0.25, 0.3) is 0 Å². The van der Waals surface area contributed by atoms with E-state index in [9.17, 15) is 0 Å². The SMILES string of the molecule is COc1cc(N2CCN([C@@H]3C[C@H]3c3ccccc3)C[C@H]2C)ccc1Br. The molecule has 0 spiro atoms. The minimum Gasteiger partial charge on any atom is -0.495 e. The van der Waals surface area contributed by atoms with Crippen LogP contribution < -0.4 is 9.64 Å². The van der Waals surface area contributed by atoms with Crippen molar-refractivity contribution >= 4 is 21.6 Å². The summed E-state index contributed by atoms with van der Waals surface area (Å²) >= 11 is 3.54. The zero-order valence-corrected chi connectivity index (χ0v) is 16.4. The maximum absolute atomic E-state index is 5.46. The third-order valence-corrected chi connectivity index (χ3v) is 6.23. The van der Waals surface area contributed by atoms with Crippen LogP contribution >= 0.6 is 15.9 Å². The average molecular weight is 401 g/mol. The van der Waals surface area contributed by atoms with Gasteiger partial charge in [0.15, 0.2) is 0 Å². The predicted molar refractivity (Wildman–Crippen MR) is 107 cm³/mol. The number of nitrogens with zero attached hydrogens (tertiary/aromatic N) is 2. The Morgan fingerprint density at radius 3 is 2.60 bits per heavy atom. The van der Waals surface area contributed by atoms with Crippen LogP contribution in [0, 0.1) is 0 Å². The summed E-state index contributed by atoms with van der Waals surface area (Å²) in [6.07, 6.45) is 1.31. The summed E-state index contributed by atoms with van der Waals surface area (Å²) in [6, 6.07) is 18.6. The molecular weight excluding hydrogens is 376 g/mol. The molecule has 2 aliphatic rings. The van der Waals surface area contributed by atoms with Gasteiger partial charge in [-0.3, -0.25) is 4.90 Å². The van der Waals surface area contributed by atoms with Gasteiger partial charge in [-0.2, -0.15) is 0 Å². The number of piperazine rings is 1. The Balaban J connectivity index is 1.41. The van der Waals surface area contributed by atoms with Crippen molar-refractivity contribution in [3.8, 4) is 5.75 Å². The van der Waals surface area contributed by atoms with Crippen LogP contribution in [0.25, 0.3) is 0 Å². The number of halogens is 1. The Bertz CT molecular complexity index is 736. The number of rotatable bonds is 4. The lowest BCUT2D eigenvalue weighted by Crippen LogP contribution is -2.52. The molecule has 3 atom stereocenters. The molecule has 2 aromatic carbocycles. The fraction of sp³-hybridized carbons (Fsp3) is 0.429. The molecule has 0 radical (unpaired) electrons. The van der Waals surface area contributed by atoms with Gasteiger partial charge in [-0.05, 0) is 47.0 Å². The second kappa shape index (κ2) is 7.00. The fourth-order valence-electron chi connectivity index (χ4n) is 4.14. The topological polar surface area (TPSA) is 15.7 Å². The van der Waals surface area contributed by atoms with E-state index in [1.165, 1.54) is 17.7 Å². The standard InChI is InChI=1S/C21H25BrN2O/c1-15-14-23(20-13-18(20)16-6-4-3-5-7-16)10-11-24(15)17-8-9-19(22)21(12-17)25-2/h3-9,12,15,18,20H,10-11,13-14H2,1-2H3/t15-,18+,20-/m1/s1. The minimum absolute atomic E-state index is 0.511. The zero-order valence-electron chi connectivity index (χ0n) is 14.9. The summed E-state index contributed by atoms with van der Waals surface area (Å²) in [5.41, 5.74) is 2.75. The van der Waals surface area contributed by atoms with E-state index in [4.69, 9.17) is 4.74 Å². The molecule has 0 bridgehead atoms. The smallest absolute Gasteiger partial charge is 0.135 e. The molecule has 0 amide bonds. The molecule has 0 unspecified atom stereocenters. The van der Waals surface area contributed by atoms with E-state index in [1.807, 2.05) is 0 Å². The maximum Gasteiger partial charge on any atom is 0.135 e. The van der Waals surface area contributed by atoms with Crippen LogP contribution in [0.2, 0.25) is 0 Å². The first-order valence-corrected chi connectivity index (χ1v) is 9.86. The van der Waals surface area contributed by atoms with Crippen LogP contribution in [0.4, 0.5) is 5.69 Å². The molecule has 3 nitrogen and oxygen atoms in total. The highest BCUT2D eigenvalue weighted by atomic mass is 79.9. The molecule has 4 rings (SSSR count). The van der Waals surface area contributed by atoms with Crippen LogP contribution in [0.1, 0.15) is 24.8 Å². The van der Waals surface area contributed by atoms with Gasteiger partial charge >= 0.3 is 0 Å². The van der Waals surface area contributed by atoms with E-state index in [0.29, 0.717) is 6.04 Å². The number of anilines is 1. The number of ether oxygens (including phenoxy) is 1. The molecule has 1 heterocycles. The molecule has 1 aliphatic heterocycles. The van der Waals surface area contributed by atoms with E-state index in [-0.39, 0.29) is 0 Å². The van der Waals surface area contributed by atoms with Crippen LogP contribution in [-0.2, 0) is 0 Å². The van der Waals surface area contributed by atoms with Crippen LogP contribution in [0.15, 0.2) is 53.0 Å². The van der Waals surface area contributed by atoms with Gasteiger partial charge in [-0.25, -0.2) is 0 Å². The van der Waals surface area contributed by atoms with Crippen LogP contribution in [0.3, 0.4) is 0 Å². The molecule has 2 aromatic rings. The molecule has 1 saturated carbocycles. The number of benzene rings is 2. The summed E-state index contributed by atoms with van der Waals surface area (Å²) in [5, 5.41) is 0. The van der Waals surface area contributed by atoms with Gasteiger partial charge < -0.3 is 9.64 Å². The Kier molecular flexibility index (Phi) is 4.74. The van der Waals surface area contributed by atoms with Crippen molar-refractivity contribution < 1.29 is 4.74 Å². The number of hydrogen-bond donors (Lipinski definition) is 0. The molecule has 1 saturated heterocycles. The third-order valence-electron chi connectivity index (χ3n) is 5.58. The second-order valence-electron chi connectivity index (χ2n) is 7.18. The third kappa shape index (κ3) is 3.42. The highest BCUT2D eigenvalue weighted by molar-refractivity contribution is 9.10. The van der Waals surface area contributed by atoms with Gasteiger partial charge in [-0.15, -0.1) is 0 Å². The first kappa shape index (κ1) is 16.9. The first-order chi connectivity index (χ1) is 12.2. The normalized spacial score (nSPS) is 26.5. The van der Waals surface area contributed by atoms with Crippen LogP contribution in [0.5, 0.6) is 5.75 Å². The summed E-state index contributed by atoms with van der Waals surface area (Å²) in [4.78, 5) is 5.19. The van der Waals surface area contributed by atoms with Crippen LogP contribution in [-0.4, -0.2) is 43.7 Å². The van der Waals surface area contributed by atoms with Crippen molar-refractivity contribution in [2.24, 2.45) is 0 Å². The monoisotopic (exact) mass is 400 g/mol. The molecule has 25 heavy (non-hydrogen) atoms. The van der Waals surface area contributed by atoms with Gasteiger partial charge in [0.05, 0.1) is 11.6 Å². The van der Waals surface area contributed by atoms with E-state index in [2.05, 4.69) is 81.2 Å². The fourth-order valence-corrected chi connectivity index (χ4v) is 4.55. The first-order valence-electron chi connectivity index (χ1n) is 9.06. The molecule has 132 valence electrons. The van der Waals surface area contributed by atoms with Crippen molar-refractivity contribution in [1.29, 1.82) is 0 Å².